The minimum absolute atomic E-state index is 0.0470. The van der Waals surface area contributed by atoms with Crippen molar-refractivity contribution in [3.63, 3.8) is 0 Å². The van der Waals surface area contributed by atoms with E-state index < -0.39 is 10.8 Å². The highest BCUT2D eigenvalue weighted by atomic mass is 16.6. The van der Waals surface area contributed by atoms with Crippen LogP contribution in [0.15, 0.2) is 12.3 Å². The molecule has 2 heterocycles. The van der Waals surface area contributed by atoms with Crippen LogP contribution in [0.2, 0.25) is 0 Å². The number of carbonyl (C=O) groups is 1. The Morgan fingerprint density at radius 3 is 2.90 bits per heavy atom. The highest BCUT2D eigenvalue weighted by Crippen LogP contribution is 2.30. The standard InChI is InChI=1S/C13H19N5O3/c1-8-3-2-4-17(11(8)6-14)13-10(12(15)19)5-9(7-16-13)18(20)21/h5,7-8,11H,2-4,6,14H2,1H3,(H2,15,19). The fraction of sp³-hybridized carbons (Fsp3) is 0.538. The van der Waals surface area contributed by atoms with Crippen molar-refractivity contribution in [1.82, 2.24) is 4.98 Å². The van der Waals surface area contributed by atoms with Crippen LogP contribution in [0.25, 0.3) is 0 Å². The molecule has 114 valence electrons. The zero-order valence-corrected chi connectivity index (χ0v) is 11.9. The van der Waals surface area contributed by atoms with Crippen LogP contribution >= 0.6 is 0 Å². The van der Waals surface area contributed by atoms with Gasteiger partial charge in [0.05, 0.1) is 10.5 Å². The van der Waals surface area contributed by atoms with E-state index in [1.165, 1.54) is 6.07 Å². The first kappa shape index (κ1) is 15.2. The number of hydrogen-bond donors (Lipinski definition) is 2. The van der Waals surface area contributed by atoms with Gasteiger partial charge in [-0.25, -0.2) is 4.98 Å². The maximum Gasteiger partial charge on any atom is 0.288 e. The molecule has 1 amide bonds. The number of nitro groups is 1. The van der Waals surface area contributed by atoms with Crippen molar-refractivity contribution >= 4 is 17.4 Å². The third kappa shape index (κ3) is 2.94. The molecule has 0 aliphatic carbocycles. The molecule has 1 aliphatic heterocycles. The van der Waals surface area contributed by atoms with Crippen LogP contribution in [-0.2, 0) is 0 Å². The van der Waals surface area contributed by atoms with Gasteiger partial charge in [-0.2, -0.15) is 0 Å². The van der Waals surface area contributed by atoms with Crippen LogP contribution in [0.3, 0.4) is 0 Å². The second-order valence-electron chi connectivity index (χ2n) is 5.30. The molecule has 2 unspecified atom stereocenters. The molecule has 8 nitrogen and oxygen atoms in total. The smallest absolute Gasteiger partial charge is 0.288 e. The molecule has 0 radical (unpaired) electrons. The molecule has 8 heteroatoms. The van der Waals surface area contributed by atoms with Gasteiger partial charge in [-0.1, -0.05) is 6.92 Å². The number of carbonyl (C=O) groups excluding carboxylic acids is 1. The predicted octanol–water partition coefficient (Wildman–Crippen LogP) is 0.652. The van der Waals surface area contributed by atoms with Crippen LogP contribution in [0.4, 0.5) is 11.5 Å². The fourth-order valence-corrected chi connectivity index (χ4v) is 2.83. The molecule has 0 aromatic carbocycles. The lowest BCUT2D eigenvalue weighted by atomic mass is 9.90. The van der Waals surface area contributed by atoms with Gasteiger partial charge in [0.15, 0.2) is 0 Å². The van der Waals surface area contributed by atoms with E-state index in [1.807, 2.05) is 4.90 Å². The van der Waals surface area contributed by atoms with Crippen molar-refractivity contribution in [3.05, 3.63) is 27.9 Å². The molecule has 1 aromatic heterocycles. The van der Waals surface area contributed by atoms with E-state index in [1.54, 1.807) is 0 Å². The Bertz CT molecular complexity index is 563. The average Bonchev–Trinajstić information content (AvgIpc) is 2.46. The van der Waals surface area contributed by atoms with E-state index in [0.29, 0.717) is 24.8 Å². The van der Waals surface area contributed by atoms with Crippen molar-refractivity contribution in [1.29, 1.82) is 0 Å². The summed E-state index contributed by atoms with van der Waals surface area (Å²) in [6.07, 6.45) is 3.15. The number of hydrogen-bond acceptors (Lipinski definition) is 6. The van der Waals surface area contributed by atoms with Gasteiger partial charge < -0.3 is 16.4 Å². The summed E-state index contributed by atoms with van der Waals surface area (Å²) in [5.74, 6) is 0.0202. The number of pyridine rings is 1. The van der Waals surface area contributed by atoms with Gasteiger partial charge in [-0.05, 0) is 18.8 Å². The summed E-state index contributed by atoms with van der Waals surface area (Å²) in [4.78, 5) is 27.9. The SMILES string of the molecule is CC1CCCN(c2ncc([N+](=O)[O-])cc2C(N)=O)C1CN. The van der Waals surface area contributed by atoms with Crippen LogP contribution in [0, 0.1) is 16.0 Å². The highest BCUT2D eigenvalue weighted by molar-refractivity contribution is 5.98. The summed E-state index contributed by atoms with van der Waals surface area (Å²) in [7, 11) is 0. The lowest BCUT2D eigenvalue weighted by Gasteiger charge is -2.40. The first-order valence-corrected chi connectivity index (χ1v) is 6.86. The van der Waals surface area contributed by atoms with Crippen LogP contribution in [0.1, 0.15) is 30.1 Å². The molecular weight excluding hydrogens is 274 g/mol. The van der Waals surface area contributed by atoms with Gasteiger partial charge >= 0.3 is 0 Å². The number of nitrogens with zero attached hydrogens (tertiary/aromatic N) is 3. The van der Waals surface area contributed by atoms with Crippen LogP contribution in [0.5, 0.6) is 0 Å². The molecule has 0 spiro atoms. The van der Waals surface area contributed by atoms with E-state index in [2.05, 4.69) is 11.9 Å². The van der Waals surface area contributed by atoms with Crippen LogP contribution < -0.4 is 16.4 Å². The molecule has 21 heavy (non-hydrogen) atoms. The molecule has 1 fully saturated rings. The average molecular weight is 293 g/mol. The highest BCUT2D eigenvalue weighted by Gasteiger charge is 2.31. The molecule has 2 rings (SSSR count). The Morgan fingerprint density at radius 1 is 1.62 bits per heavy atom. The lowest BCUT2D eigenvalue weighted by molar-refractivity contribution is -0.385. The monoisotopic (exact) mass is 293 g/mol. The summed E-state index contributed by atoms with van der Waals surface area (Å²) in [6.45, 7) is 3.23. The Kier molecular flexibility index (Phi) is 4.37. The number of aromatic nitrogens is 1. The Balaban J connectivity index is 2.46. The predicted molar refractivity (Wildman–Crippen MR) is 78.0 cm³/mol. The van der Waals surface area contributed by atoms with Gasteiger partial charge in [0.25, 0.3) is 11.6 Å². The molecule has 1 aromatic rings. The van der Waals surface area contributed by atoms with Crippen molar-refractivity contribution in [2.24, 2.45) is 17.4 Å². The van der Waals surface area contributed by atoms with Gasteiger partial charge in [-0.3, -0.25) is 14.9 Å². The van der Waals surface area contributed by atoms with Crippen molar-refractivity contribution in [3.8, 4) is 0 Å². The third-order valence-corrected chi connectivity index (χ3v) is 3.96. The molecule has 0 saturated carbocycles. The van der Waals surface area contributed by atoms with E-state index in [9.17, 15) is 14.9 Å². The third-order valence-electron chi connectivity index (χ3n) is 3.96. The first-order chi connectivity index (χ1) is 9.95. The maximum absolute atomic E-state index is 11.6. The van der Waals surface area contributed by atoms with Gasteiger partial charge in [0.1, 0.15) is 12.0 Å². The second kappa shape index (κ2) is 6.04. The minimum atomic E-state index is -0.727. The number of rotatable bonds is 4. The van der Waals surface area contributed by atoms with E-state index in [0.717, 1.165) is 19.0 Å². The summed E-state index contributed by atoms with van der Waals surface area (Å²) < 4.78 is 0. The van der Waals surface area contributed by atoms with Gasteiger partial charge in [0, 0.05) is 25.2 Å². The fourth-order valence-electron chi connectivity index (χ4n) is 2.83. The Morgan fingerprint density at radius 2 is 2.33 bits per heavy atom. The quantitative estimate of drug-likeness (QED) is 0.619. The summed E-state index contributed by atoms with van der Waals surface area (Å²) in [5, 5.41) is 10.8. The topological polar surface area (TPSA) is 128 Å². The number of primary amides is 1. The van der Waals surface area contributed by atoms with Crippen molar-refractivity contribution < 1.29 is 9.72 Å². The number of piperidine rings is 1. The van der Waals surface area contributed by atoms with Crippen LogP contribution in [-0.4, -0.2) is 34.9 Å². The lowest BCUT2D eigenvalue weighted by Crippen LogP contribution is -2.49. The van der Waals surface area contributed by atoms with E-state index in [-0.39, 0.29) is 17.3 Å². The molecule has 0 bridgehead atoms. The molecule has 4 N–H and O–H groups in total. The molecular formula is C13H19N5O3. The number of amides is 1. The second-order valence-corrected chi connectivity index (χ2v) is 5.30. The zero-order valence-electron chi connectivity index (χ0n) is 11.9. The summed E-state index contributed by atoms with van der Waals surface area (Å²) in [6, 6.07) is 1.23. The summed E-state index contributed by atoms with van der Waals surface area (Å²) in [5.41, 5.74) is 11.0. The zero-order chi connectivity index (χ0) is 15.6. The molecule has 2 atom stereocenters. The summed E-state index contributed by atoms with van der Waals surface area (Å²) >= 11 is 0. The van der Waals surface area contributed by atoms with Crippen molar-refractivity contribution in [2.45, 2.75) is 25.8 Å². The van der Waals surface area contributed by atoms with Gasteiger partial charge in [0.2, 0.25) is 0 Å². The number of anilines is 1. The van der Waals surface area contributed by atoms with Gasteiger partial charge in [-0.15, -0.1) is 0 Å². The largest absolute Gasteiger partial charge is 0.365 e. The Labute approximate surface area is 122 Å². The number of nitrogens with two attached hydrogens (primary N) is 2. The minimum Gasteiger partial charge on any atom is -0.365 e. The maximum atomic E-state index is 11.6. The Hall–Kier alpha value is -2.22. The molecule has 1 aliphatic rings. The van der Waals surface area contributed by atoms with E-state index >= 15 is 0 Å². The normalized spacial score (nSPS) is 22.1. The molecule has 1 saturated heterocycles. The first-order valence-electron chi connectivity index (χ1n) is 6.86. The van der Waals surface area contributed by atoms with E-state index in [4.69, 9.17) is 11.5 Å². The van der Waals surface area contributed by atoms with Crippen molar-refractivity contribution in [2.75, 3.05) is 18.0 Å².